The third-order valence-corrected chi connectivity index (χ3v) is 4.54. The summed E-state index contributed by atoms with van der Waals surface area (Å²) in [6.07, 6.45) is 0. The summed E-state index contributed by atoms with van der Waals surface area (Å²) in [5.41, 5.74) is 1.42. The number of anilines is 2. The molecule has 0 aromatic heterocycles. The second-order valence-corrected chi connectivity index (χ2v) is 6.77. The number of benzene rings is 2. The molecule has 0 spiro atoms. The van der Waals surface area contributed by atoms with E-state index < -0.39 is 4.92 Å². The molecule has 0 unspecified atom stereocenters. The van der Waals surface area contributed by atoms with Crippen LogP contribution in [-0.4, -0.2) is 37.1 Å². The van der Waals surface area contributed by atoms with Gasteiger partial charge in [-0.15, -0.1) is 0 Å². The molecule has 0 radical (unpaired) electrons. The maximum atomic E-state index is 12.3. The van der Waals surface area contributed by atoms with E-state index in [1.807, 2.05) is 11.0 Å². The number of halogens is 1. The van der Waals surface area contributed by atoms with Gasteiger partial charge in [-0.1, -0.05) is 6.07 Å². The average molecular weight is 453 g/mol. The molecule has 130 valence electrons. The van der Waals surface area contributed by atoms with Crippen molar-refractivity contribution in [1.82, 2.24) is 0 Å². The van der Waals surface area contributed by atoms with E-state index in [0.717, 1.165) is 3.57 Å². The third-order valence-electron chi connectivity index (χ3n) is 3.87. The fourth-order valence-electron chi connectivity index (χ4n) is 2.65. The van der Waals surface area contributed by atoms with Gasteiger partial charge in [-0.25, -0.2) is 0 Å². The minimum absolute atomic E-state index is 0.0256. The molecule has 8 heteroatoms. The second kappa shape index (κ2) is 7.79. The van der Waals surface area contributed by atoms with E-state index in [4.69, 9.17) is 4.74 Å². The predicted molar refractivity (Wildman–Crippen MR) is 103 cm³/mol. The van der Waals surface area contributed by atoms with Crippen molar-refractivity contribution in [3.05, 3.63) is 61.7 Å². The molecule has 7 nitrogen and oxygen atoms in total. The molecule has 2 aromatic carbocycles. The Labute approximate surface area is 158 Å². The fourth-order valence-corrected chi connectivity index (χ4v) is 3.20. The van der Waals surface area contributed by atoms with Crippen LogP contribution in [-0.2, 0) is 4.74 Å². The van der Waals surface area contributed by atoms with E-state index in [2.05, 4.69) is 27.9 Å². The number of hydrogen-bond acceptors (Lipinski definition) is 5. The molecule has 1 aliphatic rings. The van der Waals surface area contributed by atoms with E-state index in [1.54, 1.807) is 30.3 Å². The van der Waals surface area contributed by atoms with E-state index in [9.17, 15) is 14.9 Å². The van der Waals surface area contributed by atoms with Gasteiger partial charge in [0.05, 0.1) is 18.1 Å². The van der Waals surface area contributed by atoms with Gasteiger partial charge in [0.25, 0.3) is 11.6 Å². The van der Waals surface area contributed by atoms with Crippen LogP contribution in [0.2, 0.25) is 0 Å². The molecule has 2 aromatic rings. The molecule has 1 aliphatic heterocycles. The van der Waals surface area contributed by atoms with Gasteiger partial charge in [-0.3, -0.25) is 14.9 Å². The van der Waals surface area contributed by atoms with E-state index >= 15 is 0 Å². The lowest BCUT2D eigenvalue weighted by Gasteiger charge is -2.28. The normalized spacial score (nSPS) is 14.2. The molecule has 0 saturated carbocycles. The van der Waals surface area contributed by atoms with Crippen LogP contribution in [0.4, 0.5) is 17.1 Å². The number of carbonyl (C=O) groups is 1. The van der Waals surface area contributed by atoms with Crippen molar-refractivity contribution in [2.75, 3.05) is 36.5 Å². The summed E-state index contributed by atoms with van der Waals surface area (Å²) in [6, 6.07) is 11.9. The summed E-state index contributed by atoms with van der Waals surface area (Å²) >= 11 is 2.13. The first-order chi connectivity index (χ1) is 12.0. The van der Waals surface area contributed by atoms with Crippen molar-refractivity contribution >= 4 is 45.6 Å². The molecule has 0 aliphatic carbocycles. The minimum Gasteiger partial charge on any atom is -0.378 e. The van der Waals surface area contributed by atoms with Crippen molar-refractivity contribution in [1.29, 1.82) is 0 Å². The maximum absolute atomic E-state index is 12.3. The highest BCUT2D eigenvalue weighted by Gasteiger charge is 2.22. The topological polar surface area (TPSA) is 84.7 Å². The Balaban J connectivity index is 1.84. The Kier molecular flexibility index (Phi) is 5.49. The number of nitrogens with zero attached hydrogens (tertiary/aromatic N) is 2. The first-order valence-corrected chi connectivity index (χ1v) is 8.80. The van der Waals surface area contributed by atoms with Crippen LogP contribution in [0.1, 0.15) is 10.4 Å². The number of ether oxygens (including phenoxy) is 1. The molecule has 1 N–H and O–H groups in total. The standard InChI is InChI=1S/C17H16IN3O4/c18-13-3-1-2-12(10-13)17(22)19-14-4-5-15(16(11-14)21(23)24)20-6-8-25-9-7-20/h1-5,10-11H,6-9H2,(H,19,22). The number of nitro benzene ring substituents is 1. The van der Waals surface area contributed by atoms with Gasteiger partial charge in [0.15, 0.2) is 0 Å². The Bertz CT molecular complexity index is 806. The van der Waals surface area contributed by atoms with Crippen molar-refractivity contribution < 1.29 is 14.5 Å². The SMILES string of the molecule is O=C(Nc1ccc(N2CCOCC2)c([N+](=O)[O-])c1)c1cccc(I)c1. The monoisotopic (exact) mass is 453 g/mol. The molecule has 1 saturated heterocycles. The van der Waals surface area contributed by atoms with Crippen molar-refractivity contribution in [3.63, 3.8) is 0 Å². The summed E-state index contributed by atoms with van der Waals surface area (Å²) < 4.78 is 6.23. The highest BCUT2D eigenvalue weighted by atomic mass is 127. The van der Waals surface area contributed by atoms with Gasteiger partial charge in [0.1, 0.15) is 5.69 Å². The summed E-state index contributed by atoms with van der Waals surface area (Å²) in [7, 11) is 0. The Morgan fingerprint density at radius 3 is 2.64 bits per heavy atom. The lowest BCUT2D eigenvalue weighted by Crippen LogP contribution is -2.36. The lowest BCUT2D eigenvalue weighted by atomic mass is 10.2. The summed E-state index contributed by atoms with van der Waals surface area (Å²) in [5, 5.41) is 14.2. The molecule has 1 fully saturated rings. The van der Waals surface area contributed by atoms with Crippen molar-refractivity contribution in [2.45, 2.75) is 0 Å². The molecule has 25 heavy (non-hydrogen) atoms. The number of nitro groups is 1. The number of morpholine rings is 1. The fraction of sp³-hybridized carbons (Fsp3) is 0.235. The van der Waals surface area contributed by atoms with Crippen LogP contribution < -0.4 is 10.2 Å². The van der Waals surface area contributed by atoms with Gasteiger partial charge in [0, 0.05) is 34.0 Å². The molecule has 1 amide bonds. The second-order valence-electron chi connectivity index (χ2n) is 5.52. The van der Waals surface area contributed by atoms with Crippen LogP contribution >= 0.6 is 22.6 Å². The Morgan fingerprint density at radius 2 is 1.96 bits per heavy atom. The zero-order chi connectivity index (χ0) is 17.8. The first kappa shape index (κ1) is 17.6. The molecule has 1 heterocycles. The number of amides is 1. The molecule has 3 rings (SSSR count). The van der Waals surface area contributed by atoms with Gasteiger partial charge in [0.2, 0.25) is 0 Å². The van der Waals surface area contributed by atoms with Crippen LogP contribution in [0.25, 0.3) is 0 Å². The number of rotatable bonds is 4. The zero-order valence-electron chi connectivity index (χ0n) is 13.3. The molecular formula is C17H16IN3O4. The Hall–Kier alpha value is -2.20. The lowest BCUT2D eigenvalue weighted by molar-refractivity contribution is -0.384. The van der Waals surface area contributed by atoms with Crippen molar-refractivity contribution in [2.24, 2.45) is 0 Å². The van der Waals surface area contributed by atoms with Crippen molar-refractivity contribution in [3.8, 4) is 0 Å². The predicted octanol–water partition coefficient (Wildman–Crippen LogP) is 3.29. The van der Waals surface area contributed by atoms with Crippen LogP contribution in [0.5, 0.6) is 0 Å². The summed E-state index contributed by atoms with van der Waals surface area (Å²) in [5.74, 6) is -0.299. The number of carbonyl (C=O) groups excluding carboxylic acids is 1. The third kappa shape index (κ3) is 4.26. The van der Waals surface area contributed by atoms with Gasteiger partial charge in [-0.2, -0.15) is 0 Å². The summed E-state index contributed by atoms with van der Waals surface area (Å²) in [4.78, 5) is 25.3. The minimum atomic E-state index is -0.425. The van der Waals surface area contributed by atoms with Crippen LogP contribution in [0.15, 0.2) is 42.5 Å². The van der Waals surface area contributed by atoms with E-state index in [1.165, 1.54) is 6.07 Å². The molecule has 0 bridgehead atoms. The highest BCUT2D eigenvalue weighted by molar-refractivity contribution is 14.1. The van der Waals surface area contributed by atoms with Gasteiger partial charge < -0.3 is 15.0 Å². The van der Waals surface area contributed by atoms with Crippen LogP contribution in [0, 0.1) is 13.7 Å². The quantitative estimate of drug-likeness (QED) is 0.437. The van der Waals surface area contributed by atoms with Gasteiger partial charge in [-0.05, 0) is 52.9 Å². The van der Waals surface area contributed by atoms with E-state index in [0.29, 0.717) is 43.2 Å². The molecule has 0 atom stereocenters. The first-order valence-electron chi connectivity index (χ1n) is 7.72. The Morgan fingerprint density at radius 1 is 1.20 bits per heavy atom. The summed E-state index contributed by atoms with van der Waals surface area (Å²) in [6.45, 7) is 2.30. The molecular weight excluding hydrogens is 437 g/mol. The average Bonchev–Trinajstić information content (AvgIpc) is 2.62. The van der Waals surface area contributed by atoms with E-state index in [-0.39, 0.29) is 11.6 Å². The maximum Gasteiger partial charge on any atom is 0.294 e. The zero-order valence-corrected chi connectivity index (χ0v) is 15.4. The number of nitrogens with one attached hydrogen (secondary N) is 1. The largest absolute Gasteiger partial charge is 0.378 e. The number of hydrogen-bond donors (Lipinski definition) is 1. The van der Waals surface area contributed by atoms with Gasteiger partial charge >= 0.3 is 0 Å². The smallest absolute Gasteiger partial charge is 0.294 e. The highest BCUT2D eigenvalue weighted by Crippen LogP contribution is 2.31. The van der Waals surface area contributed by atoms with Crippen LogP contribution in [0.3, 0.4) is 0 Å².